The van der Waals surface area contributed by atoms with Crippen molar-refractivity contribution < 1.29 is 9.84 Å². The van der Waals surface area contributed by atoms with Crippen LogP contribution in [0.4, 0.5) is 5.69 Å². The molecule has 1 aliphatic heterocycles. The molecule has 1 aromatic rings. The van der Waals surface area contributed by atoms with E-state index in [4.69, 9.17) is 21.6 Å². The second-order valence-corrected chi connectivity index (χ2v) is 5.38. The number of aliphatic hydroxyl groups is 1. The third kappa shape index (κ3) is 3.38. The number of nitriles is 1. The quantitative estimate of drug-likeness (QED) is 0.922. The summed E-state index contributed by atoms with van der Waals surface area (Å²) in [7, 11) is 1.89. The Kier molecular flexibility index (Phi) is 4.31. The van der Waals surface area contributed by atoms with Crippen LogP contribution in [0.15, 0.2) is 18.2 Å². The van der Waals surface area contributed by atoms with E-state index in [0.29, 0.717) is 43.2 Å². The van der Waals surface area contributed by atoms with Gasteiger partial charge in [0.25, 0.3) is 0 Å². The van der Waals surface area contributed by atoms with Gasteiger partial charge in [0.05, 0.1) is 27.9 Å². The Hall–Kier alpha value is -1.28. The van der Waals surface area contributed by atoms with Crippen molar-refractivity contribution in [3.8, 4) is 6.07 Å². The van der Waals surface area contributed by atoms with E-state index >= 15 is 0 Å². The molecule has 2 rings (SSSR count). The largest absolute Gasteiger partial charge is 0.388 e. The molecular weight excluding hydrogens is 264 g/mol. The molecule has 0 spiro atoms. The Morgan fingerprint density at radius 2 is 2.16 bits per heavy atom. The van der Waals surface area contributed by atoms with Gasteiger partial charge in [-0.1, -0.05) is 11.6 Å². The van der Waals surface area contributed by atoms with Crippen molar-refractivity contribution in [3.63, 3.8) is 0 Å². The van der Waals surface area contributed by atoms with Crippen molar-refractivity contribution in [2.24, 2.45) is 0 Å². The Bertz CT molecular complexity index is 493. The summed E-state index contributed by atoms with van der Waals surface area (Å²) in [6.07, 6.45) is 1.26. The molecule has 1 aliphatic rings. The van der Waals surface area contributed by atoms with Crippen LogP contribution in [0.2, 0.25) is 5.02 Å². The van der Waals surface area contributed by atoms with Crippen molar-refractivity contribution >= 4 is 17.3 Å². The van der Waals surface area contributed by atoms with Gasteiger partial charge in [0.1, 0.15) is 0 Å². The zero-order valence-electron chi connectivity index (χ0n) is 10.9. The second kappa shape index (κ2) is 5.79. The number of benzene rings is 1. The van der Waals surface area contributed by atoms with Crippen molar-refractivity contribution in [2.75, 3.05) is 31.7 Å². The molecule has 1 N–H and O–H groups in total. The average Bonchev–Trinajstić information content (AvgIpc) is 2.38. The molecule has 0 bridgehead atoms. The van der Waals surface area contributed by atoms with Gasteiger partial charge in [0, 0.05) is 39.6 Å². The highest BCUT2D eigenvalue weighted by molar-refractivity contribution is 6.33. The summed E-state index contributed by atoms with van der Waals surface area (Å²) in [5.74, 6) is 0. The van der Waals surface area contributed by atoms with Gasteiger partial charge >= 0.3 is 0 Å². The summed E-state index contributed by atoms with van der Waals surface area (Å²) in [6.45, 7) is 1.68. The molecule has 4 nitrogen and oxygen atoms in total. The standard InChI is InChI=1S/C14H17ClN2O2/c1-17(10-14(18)4-6-19-7-5-14)13-3-2-11(9-16)8-12(13)15/h2-3,8,18H,4-7,10H2,1H3. The minimum absolute atomic E-state index is 0.502. The van der Waals surface area contributed by atoms with Crippen molar-refractivity contribution in [1.29, 1.82) is 5.26 Å². The first kappa shape index (κ1) is 14.1. The van der Waals surface area contributed by atoms with E-state index in [2.05, 4.69) is 6.07 Å². The molecule has 1 saturated heterocycles. The third-order valence-electron chi connectivity index (χ3n) is 3.44. The van der Waals surface area contributed by atoms with Crippen molar-refractivity contribution in [2.45, 2.75) is 18.4 Å². The number of halogens is 1. The third-order valence-corrected chi connectivity index (χ3v) is 3.75. The van der Waals surface area contributed by atoms with E-state index in [1.54, 1.807) is 12.1 Å². The van der Waals surface area contributed by atoms with Gasteiger partial charge in [-0.05, 0) is 18.2 Å². The molecule has 1 heterocycles. The predicted octanol–water partition coefficient (Wildman–Crippen LogP) is 2.19. The number of ether oxygens (including phenoxy) is 1. The zero-order chi connectivity index (χ0) is 13.9. The first-order valence-electron chi connectivity index (χ1n) is 6.25. The summed E-state index contributed by atoms with van der Waals surface area (Å²) >= 11 is 6.17. The smallest absolute Gasteiger partial charge is 0.0992 e. The normalized spacial score (nSPS) is 17.8. The van der Waals surface area contributed by atoms with Gasteiger partial charge in [-0.15, -0.1) is 0 Å². The minimum Gasteiger partial charge on any atom is -0.388 e. The lowest BCUT2D eigenvalue weighted by molar-refractivity contribution is -0.0572. The van der Waals surface area contributed by atoms with E-state index in [0.717, 1.165) is 5.69 Å². The lowest BCUT2D eigenvalue weighted by Crippen LogP contribution is -2.45. The van der Waals surface area contributed by atoms with Crippen LogP contribution in [0, 0.1) is 11.3 Å². The van der Waals surface area contributed by atoms with Gasteiger partial charge in [-0.2, -0.15) is 5.26 Å². The zero-order valence-corrected chi connectivity index (χ0v) is 11.7. The van der Waals surface area contributed by atoms with E-state index in [-0.39, 0.29) is 0 Å². The van der Waals surface area contributed by atoms with Crippen LogP contribution in [0.25, 0.3) is 0 Å². The van der Waals surface area contributed by atoms with Crippen LogP contribution in [0.1, 0.15) is 18.4 Å². The van der Waals surface area contributed by atoms with Crippen LogP contribution in [0.5, 0.6) is 0 Å². The van der Waals surface area contributed by atoms with Crippen LogP contribution in [0.3, 0.4) is 0 Å². The molecule has 5 heteroatoms. The van der Waals surface area contributed by atoms with Gasteiger partial charge in [-0.25, -0.2) is 0 Å². The summed E-state index contributed by atoms with van der Waals surface area (Å²) in [5.41, 5.74) is 0.622. The second-order valence-electron chi connectivity index (χ2n) is 4.97. The number of hydrogen-bond acceptors (Lipinski definition) is 4. The molecule has 19 heavy (non-hydrogen) atoms. The summed E-state index contributed by atoms with van der Waals surface area (Å²) in [6, 6.07) is 7.23. The van der Waals surface area contributed by atoms with Gasteiger partial charge in [0.15, 0.2) is 0 Å². The van der Waals surface area contributed by atoms with Crippen LogP contribution >= 0.6 is 11.6 Å². The van der Waals surface area contributed by atoms with Crippen LogP contribution in [-0.4, -0.2) is 37.5 Å². The number of rotatable bonds is 3. The molecule has 1 aromatic carbocycles. The molecule has 0 aromatic heterocycles. The fourth-order valence-electron chi connectivity index (χ4n) is 2.32. The van der Waals surface area contributed by atoms with Crippen molar-refractivity contribution in [1.82, 2.24) is 0 Å². The summed E-state index contributed by atoms with van der Waals surface area (Å²) in [5, 5.41) is 19.8. The predicted molar refractivity (Wildman–Crippen MR) is 74.4 cm³/mol. The fourth-order valence-corrected chi connectivity index (χ4v) is 2.65. The molecule has 0 amide bonds. The highest BCUT2D eigenvalue weighted by Crippen LogP contribution is 2.29. The molecule has 0 unspecified atom stereocenters. The summed E-state index contributed by atoms with van der Waals surface area (Å²) < 4.78 is 5.27. The first-order valence-corrected chi connectivity index (χ1v) is 6.63. The average molecular weight is 281 g/mol. The maximum atomic E-state index is 10.5. The van der Waals surface area contributed by atoms with E-state index in [1.807, 2.05) is 18.0 Å². The molecule has 0 atom stereocenters. The highest BCUT2D eigenvalue weighted by atomic mass is 35.5. The van der Waals surface area contributed by atoms with Gasteiger partial charge < -0.3 is 14.7 Å². The lowest BCUT2D eigenvalue weighted by Gasteiger charge is -2.36. The maximum Gasteiger partial charge on any atom is 0.0992 e. The first-order chi connectivity index (χ1) is 9.04. The van der Waals surface area contributed by atoms with Crippen LogP contribution < -0.4 is 4.90 Å². The van der Waals surface area contributed by atoms with Gasteiger partial charge in [-0.3, -0.25) is 0 Å². The Balaban J connectivity index is 2.11. The van der Waals surface area contributed by atoms with Crippen LogP contribution in [-0.2, 0) is 4.74 Å². The highest BCUT2D eigenvalue weighted by Gasteiger charge is 2.31. The number of hydrogen-bond donors (Lipinski definition) is 1. The molecular formula is C14H17ClN2O2. The minimum atomic E-state index is -0.732. The molecule has 102 valence electrons. The van der Waals surface area contributed by atoms with Gasteiger partial charge in [0.2, 0.25) is 0 Å². The maximum absolute atomic E-state index is 10.5. The fraction of sp³-hybridized carbons (Fsp3) is 0.500. The lowest BCUT2D eigenvalue weighted by atomic mass is 9.94. The topological polar surface area (TPSA) is 56.5 Å². The SMILES string of the molecule is CN(CC1(O)CCOCC1)c1ccc(C#N)cc1Cl. The van der Waals surface area contributed by atoms with E-state index in [1.165, 1.54) is 0 Å². The molecule has 0 radical (unpaired) electrons. The monoisotopic (exact) mass is 280 g/mol. The number of likely N-dealkylation sites (N-methyl/N-ethyl adjacent to an activating group) is 1. The molecule has 1 fully saturated rings. The van der Waals surface area contributed by atoms with Crippen molar-refractivity contribution in [3.05, 3.63) is 28.8 Å². The Morgan fingerprint density at radius 1 is 1.47 bits per heavy atom. The van der Waals surface area contributed by atoms with E-state index in [9.17, 15) is 5.11 Å². The Morgan fingerprint density at radius 3 is 2.74 bits per heavy atom. The molecule has 0 aliphatic carbocycles. The summed E-state index contributed by atoms with van der Waals surface area (Å²) in [4.78, 5) is 1.93. The van der Waals surface area contributed by atoms with E-state index < -0.39 is 5.60 Å². The number of nitrogens with zero attached hydrogens (tertiary/aromatic N) is 2. The molecule has 0 saturated carbocycles. The number of anilines is 1. The Labute approximate surface area is 118 Å².